The SMILES string of the molecule is CCCCCCCC/C=C/CCCCCCCCCC(=O)OC1CCCCC1. The fourth-order valence-corrected chi connectivity index (χ4v) is 4.12. The topological polar surface area (TPSA) is 26.3 Å². The van der Waals surface area contributed by atoms with E-state index >= 15 is 0 Å². The Kier molecular flexibility index (Phi) is 17.6. The molecule has 0 radical (unpaired) electrons. The van der Waals surface area contributed by atoms with Gasteiger partial charge in [0.1, 0.15) is 6.10 Å². The lowest BCUT2D eigenvalue weighted by Gasteiger charge is -2.21. The third-order valence-corrected chi connectivity index (χ3v) is 5.99. The Morgan fingerprint density at radius 1 is 0.714 bits per heavy atom. The lowest BCUT2D eigenvalue weighted by atomic mass is 9.98. The lowest BCUT2D eigenvalue weighted by molar-refractivity contribution is -0.150. The van der Waals surface area contributed by atoms with Crippen molar-refractivity contribution in [3.05, 3.63) is 12.2 Å². The summed E-state index contributed by atoms with van der Waals surface area (Å²) in [7, 11) is 0. The summed E-state index contributed by atoms with van der Waals surface area (Å²) in [6.07, 6.45) is 31.3. The summed E-state index contributed by atoms with van der Waals surface area (Å²) in [6, 6.07) is 0. The second-order valence-electron chi connectivity index (χ2n) is 8.79. The molecule has 28 heavy (non-hydrogen) atoms. The van der Waals surface area contributed by atoms with Gasteiger partial charge in [-0.3, -0.25) is 4.79 Å². The van der Waals surface area contributed by atoms with Crippen molar-refractivity contribution in [3.63, 3.8) is 0 Å². The lowest BCUT2D eigenvalue weighted by Crippen LogP contribution is -2.20. The minimum Gasteiger partial charge on any atom is -0.462 e. The predicted molar refractivity (Wildman–Crippen MR) is 122 cm³/mol. The first kappa shape index (κ1) is 25.2. The molecule has 0 aliphatic heterocycles. The number of carbonyl (C=O) groups excluding carboxylic acids is 1. The van der Waals surface area contributed by atoms with E-state index in [0.29, 0.717) is 6.42 Å². The maximum Gasteiger partial charge on any atom is 0.306 e. The van der Waals surface area contributed by atoms with Crippen LogP contribution in [0.1, 0.15) is 142 Å². The van der Waals surface area contributed by atoms with Gasteiger partial charge in [-0.1, -0.05) is 89.7 Å². The van der Waals surface area contributed by atoms with Crippen molar-refractivity contribution in [1.29, 1.82) is 0 Å². The third kappa shape index (κ3) is 16.2. The van der Waals surface area contributed by atoms with E-state index in [0.717, 1.165) is 19.3 Å². The number of rotatable bonds is 18. The van der Waals surface area contributed by atoms with E-state index in [4.69, 9.17) is 4.74 Å². The van der Waals surface area contributed by atoms with E-state index in [9.17, 15) is 4.79 Å². The number of unbranched alkanes of at least 4 members (excludes halogenated alkanes) is 13. The summed E-state index contributed by atoms with van der Waals surface area (Å²) in [4.78, 5) is 11.8. The zero-order valence-corrected chi connectivity index (χ0v) is 18.9. The zero-order valence-electron chi connectivity index (χ0n) is 18.9. The molecular weight excluding hydrogens is 344 g/mol. The van der Waals surface area contributed by atoms with Crippen LogP contribution in [0.15, 0.2) is 12.2 Å². The Labute approximate surface area is 175 Å². The van der Waals surface area contributed by atoms with Gasteiger partial charge in [-0.2, -0.15) is 0 Å². The van der Waals surface area contributed by atoms with Crippen LogP contribution in [-0.4, -0.2) is 12.1 Å². The Balaban J connectivity index is 1.75. The largest absolute Gasteiger partial charge is 0.462 e. The molecule has 0 amide bonds. The van der Waals surface area contributed by atoms with Crippen molar-refractivity contribution in [1.82, 2.24) is 0 Å². The first-order valence-corrected chi connectivity index (χ1v) is 12.7. The first-order chi connectivity index (χ1) is 13.8. The van der Waals surface area contributed by atoms with Crippen molar-refractivity contribution in [3.8, 4) is 0 Å². The minimum atomic E-state index is 0.0413. The molecule has 1 fully saturated rings. The number of carbonyl (C=O) groups is 1. The van der Waals surface area contributed by atoms with E-state index in [1.54, 1.807) is 0 Å². The Morgan fingerprint density at radius 3 is 1.79 bits per heavy atom. The van der Waals surface area contributed by atoms with Gasteiger partial charge in [-0.05, 0) is 57.8 Å². The Morgan fingerprint density at radius 2 is 1.21 bits per heavy atom. The standard InChI is InChI=1S/C26H48O2/c1-2-3-4-5-6-7-8-9-10-11-12-13-14-15-16-17-21-24-26(27)28-25-22-19-18-20-23-25/h9-10,25H,2-8,11-24H2,1H3/b10-9+. The molecule has 0 N–H and O–H groups in total. The molecule has 0 unspecified atom stereocenters. The normalized spacial score (nSPS) is 15.3. The Bertz CT molecular complexity index is 369. The molecule has 0 aromatic rings. The number of allylic oxidation sites excluding steroid dienone is 2. The van der Waals surface area contributed by atoms with Crippen LogP contribution in [0.5, 0.6) is 0 Å². The average molecular weight is 393 g/mol. The number of ether oxygens (including phenoxy) is 1. The molecule has 1 aliphatic carbocycles. The van der Waals surface area contributed by atoms with Crippen LogP contribution in [0.4, 0.5) is 0 Å². The van der Waals surface area contributed by atoms with Crippen LogP contribution in [0.3, 0.4) is 0 Å². The second-order valence-corrected chi connectivity index (χ2v) is 8.79. The first-order valence-electron chi connectivity index (χ1n) is 12.7. The monoisotopic (exact) mass is 392 g/mol. The summed E-state index contributed by atoms with van der Waals surface area (Å²) < 4.78 is 5.57. The number of hydrogen-bond donors (Lipinski definition) is 0. The highest BCUT2D eigenvalue weighted by Gasteiger charge is 2.17. The van der Waals surface area contributed by atoms with E-state index in [1.165, 1.54) is 109 Å². The average Bonchev–Trinajstić information content (AvgIpc) is 2.71. The van der Waals surface area contributed by atoms with Crippen LogP contribution >= 0.6 is 0 Å². The number of hydrogen-bond acceptors (Lipinski definition) is 2. The van der Waals surface area contributed by atoms with Gasteiger partial charge in [0.15, 0.2) is 0 Å². The molecule has 1 saturated carbocycles. The fraction of sp³-hybridized carbons (Fsp3) is 0.885. The summed E-state index contributed by atoms with van der Waals surface area (Å²) in [5, 5.41) is 0. The van der Waals surface area contributed by atoms with E-state index in [1.807, 2.05) is 0 Å². The van der Waals surface area contributed by atoms with Gasteiger partial charge >= 0.3 is 5.97 Å². The van der Waals surface area contributed by atoms with Gasteiger partial charge in [0.05, 0.1) is 0 Å². The highest BCUT2D eigenvalue weighted by atomic mass is 16.5. The molecule has 2 nitrogen and oxygen atoms in total. The molecule has 164 valence electrons. The molecule has 1 rings (SSSR count). The smallest absolute Gasteiger partial charge is 0.306 e. The van der Waals surface area contributed by atoms with Crippen molar-refractivity contribution in [2.24, 2.45) is 0 Å². The molecule has 0 spiro atoms. The summed E-state index contributed by atoms with van der Waals surface area (Å²) in [5.74, 6) is 0.0413. The molecule has 0 aromatic carbocycles. The summed E-state index contributed by atoms with van der Waals surface area (Å²) in [5.41, 5.74) is 0. The molecule has 0 saturated heterocycles. The van der Waals surface area contributed by atoms with Gasteiger partial charge in [0, 0.05) is 6.42 Å². The van der Waals surface area contributed by atoms with Crippen molar-refractivity contribution in [2.75, 3.05) is 0 Å². The van der Waals surface area contributed by atoms with Gasteiger partial charge in [-0.15, -0.1) is 0 Å². The number of esters is 1. The van der Waals surface area contributed by atoms with Crippen LogP contribution in [0.2, 0.25) is 0 Å². The maximum atomic E-state index is 11.8. The molecule has 0 aromatic heterocycles. The molecule has 0 atom stereocenters. The third-order valence-electron chi connectivity index (χ3n) is 5.99. The van der Waals surface area contributed by atoms with Crippen LogP contribution < -0.4 is 0 Å². The summed E-state index contributed by atoms with van der Waals surface area (Å²) >= 11 is 0. The van der Waals surface area contributed by atoms with Crippen molar-refractivity contribution in [2.45, 2.75) is 148 Å². The molecule has 1 aliphatic rings. The van der Waals surface area contributed by atoms with Crippen LogP contribution in [0, 0.1) is 0 Å². The van der Waals surface area contributed by atoms with E-state index < -0.39 is 0 Å². The highest BCUT2D eigenvalue weighted by molar-refractivity contribution is 5.69. The quantitative estimate of drug-likeness (QED) is 0.132. The zero-order chi connectivity index (χ0) is 20.1. The second kappa shape index (κ2) is 19.5. The van der Waals surface area contributed by atoms with Gasteiger partial charge in [0.2, 0.25) is 0 Å². The molecule has 2 heteroatoms. The van der Waals surface area contributed by atoms with Crippen molar-refractivity contribution >= 4 is 5.97 Å². The Hall–Kier alpha value is -0.790. The van der Waals surface area contributed by atoms with E-state index in [2.05, 4.69) is 19.1 Å². The maximum absolute atomic E-state index is 11.8. The van der Waals surface area contributed by atoms with Gasteiger partial charge < -0.3 is 4.74 Å². The minimum absolute atomic E-state index is 0.0413. The van der Waals surface area contributed by atoms with Gasteiger partial charge in [-0.25, -0.2) is 0 Å². The van der Waals surface area contributed by atoms with Crippen molar-refractivity contribution < 1.29 is 9.53 Å². The highest BCUT2D eigenvalue weighted by Crippen LogP contribution is 2.21. The fourth-order valence-electron chi connectivity index (χ4n) is 4.12. The van der Waals surface area contributed by atoms with Gasteiger partial charge in [0.25, 0.3) is 0 Å². The van der Waals surface area contributed by atoms with Crippen LogP contribution in [0.25, 0.3) is 0 Å². The molecule has 0 heterocycles. The predicted octanol–water partition coefficient (Wildman–Crippen LogP) is 8.68. The van der Waals surface area contributed by atoms with Crippen LogP contribution in [-0.2, 0) is 9.53 Å². The summed E-state index contributed by atoms with van der Waals surface area (Å²) in [6.45, 7) is 2.28. The molecular formula is C26H48O2. The molecule has 0 bridgehead atoms. The van der Waals surface area contributed by atoms with E-state index in [-0.39, 0.29) is 12.1 Å².